The van der Waals surface area contributed by atoms with Crippen LogP contribution >= 0.6 is 23.2 Å². The Bertz CT molecular complexity index is 587. The van der Waals surface area contributed by atoms with Crippen LogP contribution in [0.25, 0.3) is 0 Å². The molecule has 3 nitrogen and oxygen atoms in total. The molecule has 0 unspecified atom stereocenters. The van der Waals surface area contributed by atoms with Crippen molar-refractivity contribution >= 4 is 34.8 Å². The Labute approximate surface area is 113 Å². The summed E-state index contributed by atoms with van der Waals surface area (Å²) in [4.78, 5) is 15.3. The van der Waals surface area contributed by atoms with Gasteiger partial charge in [-0.15, -0.1) is 0 Å². The number of amides is 1. The first-order valence-electron chi connectivity index (χ1n) is 4.95. The van der Waals surface area contributed by atoms with Crippen LogP contribution in [0.1, 0.15) is 10.4 Å². The average molecular weight is 285 g/mol. The first kappa shape index (κ1) is 12.8. The molecule has 0 fully saturated rings. The molecule has 18 heavy (non-hydrogen) atoms. The molecule has 1 heterocycles. The topological polar surface area (TPSA) is 42.0 Å². The zero-order valence-electron chi connectivity index (χ0n) is 8.95. The average Bonchev–Trinajstić information content (AvgIpc) is 2.35. The second-order valence-corrected chi connectivity index (χ2v) is 4.22. The third-order valence-corrected chi connectivity index (χ3v) is 2.71. The fraction of sp³-hybridized carbons (Fsp3) is 0. The molecule has 0 radical (unpaired) electrons. The molecule has 0 saturated heterocycles. The highest BCUT2D eigenvalue weighted by Crippen LogP contribution is 2.18. The maximum atomic E-state index is 13.5. The summed E-state index contributed by atoms with van der Waals surface area (Å²) in [7, 11) is 0. The fourth-order valence-electron chi connectivity index (χ4n) is 1.33. The number of aromatic nitrogens is 1. The molecule has 6 heteroatoms. The summed E-state index contributed by atoms with van der Waals surface area (Å²) >= 11 is 11.2. The number of carbonyl (C=O) groups excluding carboxylic acids is 1. The molecule has 0 aliphatic heterocycles. The maximum Gasteiger partial charge on any atom is 0.258 e. The van der Waals surface area contributed by atoms with E-state index in [0.29, 0.717) is 10.7 Å². The number of anilines is 1. The second kappa shape index (κ2) is 5.33. The lowest BCUT2D eigenvalue weighted by atomic mass is 10.2. The zero-order valence-corrected chi connectivity index (χ0v) is 10.5. The number of nitrogens with zero attached hydrogens (tertiary/aromatic N) is 1. The van der Waals surface area contributed by atoms with Crippen LogP contribution in [-0.4, -0.2) is 10.9 Å². The van der Waals surface area contributed by atoms with Crippen molar-refractivity contribution in [3.63, 3.8) is 0 Å². The van der Waals surface area contributed by atoms with Crippen LogP contribution in [0, 0.1) is 5.82 Å². The highest BCUT2D eigenvalue weighted by atomic mass is 35.5. The number of pyridine rings is 1. The van der Waals surface area contributed by atoms with Crippen molar-refractivity contribution in [1.82, 2.24) is 4.98 Å². The van der Waals surface area contributed by atoms with Gasteiger partial charge in [-0.2, -0.15) is 0 Å². The minimum absolute atomic E-state index is 0.162. The first-order valence-corrected chi connectivity index (χ1v) is 5.70. The lowest BCUT2D eigenvalue weighted by molar-refractivity contribution is 0.102. The molecule has 0 atom stereocenters. The highest BCUT2D eigenvalue weighted by molar-refractivity contribution is 6.30. The molecule has 0 bridgehead atoms. The van der Waals surface area contributed by atoms with Crippen molar-refractivity contribution in [2.45, 2.75) is 0 Å². The molecular formula is C12H7Cl2FN2O. The van der Waals surface area contributed by atoms with Crippen molar-refractivity contribution in [3.05, 3.63) is 58.1 Å². The number of nitrogens with one attached hydrogen (secondary N) is 1. The molecule has 2 aromatic rings. The molecule has 0 saturated carbocycles. The second-order valence-electron chi connectivity index (χ2n) is 3.42. The van der Waals surface area contributed by atoms with Gasteiger partial charge in [0.15, 0.2) is 11.0 Å². The Morgan fingerprint density at radius 1 is 1.17 bits per heavy atom. The van der Waals surface area contributed by atoms with Crippen molar-refractivity contribution in [3.8, 4) is 0 Å². The van der Waals surface area contributed by atoms with E-state index in [0.717, 1.165) is 0 Å². The van der Waals surface area contributed by atoms with E-state index < -0.39 is 11.7 Å². The van der Waals surface area contributed by atoms with Crippen LogP contribution in [0.3, 0.4) is 0 Å². The highest BCUT2D eigenvalue weighted by Gasteiger charge is 2.14. The van der Waals surface area contributed by atoms with E-state index in [9.17, 15) is 9.18 Å². The Morgan fingerprint density at radius 3 is 2.50 bits per heavy atom. The van der Waals surface area contributed by atoms with Crippen LogP contribution in [0.5, 0.6) is 0 Å². The van der Waals surface area contributed by atoms with Gasteiger partial charge < -0.3 is 5.32 Å². The van der Waals surface area contributed by atoms with Gasteiger partial charge in [0.05, 0.1) is 5.56 Å². The Morgan fingerprint density at radius 2 is 1.83 bits per heavy atom. The maximum absolute atomic E-state index is 13.5. The molecule has 1 amide bonds. The summed E-state index contributed by atoms with van der Waals surface area (Å²) in [6.07, 6.45) is 1.27. The SMILES string of the molecule is O=C(Nc1ccc(Cl)cc1)c1ccnc(Cl)c1F. The lowest BCUT2D eigenvalue weighted by Crippen LogP contribution is -2.14. The normalized spacial score (nSPS) is 10.2. The summed E-state index contributed by atoms with van der Waals surface area (Å²) in [6.45, 7) is 0. The van der Waals surface area contributed by atoms with E-state index in [2.05, 4.69) is 10.3 Å². The molecule has 2 rings (SSSR count). The van der Waals surface area contributed by atoms with Crippen LogP contribution in [0.4, 0.5) is 10.1 Å². The summed E-state index contributed by atoms with van der Waals surface area (Å²) < 4.78 is 13.5. The van der Waals surface area contributed by atoms with Gasteiger partial charge in [-0.1, -0.05) is 23.2 Å². The summed E-state index contributed by atoms with van der Waals surface area (Å²) in [5, 5.41) is 2.74. The van der Waals surface area contributed by atoms with Gasteiger partial charge in [0, 0.05) is 16.9 Å². The van der Waals surface area contributed by atoms with Gasteiger partial charge in [-0.3, -0.25) is 4.79 Å². The molecule has 0 spiro atoms. The molecule has 92 valence electrons. The van der Waals surface area contributed by atoms with Gasteiger partial charge in [0.1, 0.15) is 0 Å². The minimum Gasteiger partial charge on any atom is -0.322 e. The molecule has 1 aromatic heterocycles. The predicted octanol–water partition coefficient (Wildman–Crippen LogP) is 3.78. The van der Waals surface area contributed by atoms with E-state index >= 15 is 0 Å². The van der Waals surface area contributed by atoms with E-state index in [1.54, 1.807) is 24.3 Å². The van der Waals surface area contributed by atoms with Crippen LogP contribution in [0.2, 0.25) is 10.2 Å². The van der Waals surface area contributed by atoms with Crippen molar-refractivity contribution in [2.24, 2.45) is 0 Å². The molecule has 1 N–H and O–H groups in total. The van der Waals surface area contributed by atoms with E-state index in [1.165, 1.54) is 12.3 Å². The van der Waals surface area contributed by atoms with Gasteiger partial charge in [0.25, 0.3) is 5.91 Å². The Hall–Kier alpha value is -1.65. The fourth-order valence-corrected chi connectivity index (χ4v) is 1.61. The van der Waals surface area contributed by atoms with Crippen LogP contribution in [0.15, 0.2) is 36.5 Å². The number of halogens is 3. The monoisotopic (exact) mass is 284 g/mol. The van der Waals surface area contributed by atoms with Gasteiger partial charge >= 0.3 is 0 Å². The standard InChI is InChI=1S/C12H7Cl2FN2O/c13-7-1-3-8(4-2-7)17-12(18)9-5-6-16-11(14)10(9)15/h1-6H,(H,17,18). The quantitative estimate of drug-likeness (QED) is 0.853. The molecule has 0 aliphatic rings. The predicted molar refractivity (Wildman–Crippen MR) is 68.6 cm³/mol. The van der Waals surface area contributed by atoms with Gasteiger partial charge in [0.2, 0.25) is 0 Å². The number of rotatable bonds is 2. The first-order chi connectivity index (χ1) is 8.58. The van der Waals surface area contributed by atoms with E-state index in [-0.39, 0.29) is 10.7 Å². The largest absolute Gasteiger partial charge is 0.322 e. The summed E-state index contributed by atoms with van der Waals surface area (Å²) in [6, 6.07) is 7.72. The Kier molecular flexibility index (Phi) is 3.79. The number of carbonyl (C=O) groups is 1. The summed E-state index contributed by atoms with van der Waals surface area (Å²) in [5.74, 6) is -1.44. The van der Waals surface area contributed by atoms with Crippen LogP contribution in [-0.2, 0) is 0 Å². The third kappa shape index (κ3) is 2.78. The number of hydrogen-bond donors (Lipinski definition) is 1. The summed E-state index contributed by atoms with van der Waals surface area (Å²) in [5.41, 5.74) is 0.349. The number of benzene rings is 1. The van der Waals surface area contributed by atoms with E-state index in [1.807, 2.05) is 0 Å². The van der Waals surface area contributed by atoms with E-state index in [4.69, 9.17) is 23.2 Å². The minimum atomic E-state index is -0.842. The van der Waals surface area contributed by atoms with Gasteiger partial charge in [-0.05, 0) is 30.3 Å². The van der Waals surface area contributed by atoms with Crippen molar-refractivity contribution < 1.29 is 9.18 Å². The van der Waals surface area contributed by atoms with Crippen molar-refractivity contribution in [2.75, 3.05) is 5.32 Å². The molecular weight excluding hydrogens is 278 g/mol. The smallest absolute Gasteiger partial charge is 0.258 e. The molecule has 1 aromatic carbocycles. The third-order valence-electron chi connectivity index (χ3n) is 2.19. The number of hydrogen-bond acceptors (Lipinski definition) is 2. The van der Waals surface area contributed by atoms with Crippen molar-refractivity contribution in [1.29, 1.82) is 0 Å². The van der Waals surface area contributed by atoms with Crippen LogP contribution < -0.4 is 5.32 Å². The zero-order chi connectivity index (χ0) is 13.1. The lowest BCUT2D eigenvalue weighted by Gasteiger charge is -2.06. The molecule has 0 aliphatic carbocycles. The van der Waals surface area contributed by atoms with Gasteiger partial charge in [-0.25, -0.2) is 9.37 Å². The Balaban J connectivity index is 2.22.